The number of carbonyl (C=O) groups excluding carboxylic acids is 1. The molecule has 0 atom stereocenters. The van der Waals surface area contributed by atoms with Crippen molar-refractivity contribution >= 4 is 11.7 Å². The molecule has 1 rings (SSSR count). The molecule has 0 saturated carbocycles. The van der Waals surface area contributed by atoms with Crippen molar-refractivity contribution < 1.29 is 4.79 Å². The van der Waals surface area contributed by atoms with Crippen LogP contribution in [-0.4, -0.2) is 12.6 Å². The first-order valence-electron chi connectivity index (χ1n) is 3.93. The third kappa shape index (κ3) is 2.62. The molecule has 0 aromatic heterocycles. The summed E-state index contributed by atoms with van der Waals surface area (Å²) < 4.78 is 0. The van der Waals surface area contributed by atoms with Gasteiger partial charge in [0.25, 0.3) is 0 Å². The van der Waals surface area contributed by atoms with Crippen molar-refractivity contribution in [2.24, 2.45) is 0 Å². The summed E-state index contributed by atoms with van der Waals surface area (Å²) in [5.41, 5.74) is 0.809. The first kappa shape index (κ1) is 8.59. The average molecular weight is 164 g/mol. The summed E-state index contributed by atoms with van der Waals surface area (Å²) in [6.07, 6.45) is 0. The molecular formula is C9H12N2O. The summed E-state index contributed by atoms with van der Waals surface area (Å²) in [6, 6.07) is 9.18. The van der Waals surface area contributed by atoms with E-state index in [1.165, 1.54) is 0 Å². The Morgan fingerprint density at radius 2 is 2.00 bits per heavy atom. The monoisotopic (exact) mass is 164 g/mol. The van der Waals surface area contributed by atoms with Gasteiger partial charge in [-0.3, -0.25) is 0 Å². The van der Waals surface area contributed by atoms with Crippen LogP contribution in [0.3, 0.4) is 0 Å². The van der Waals surface area contributed by atoms with Gasteiger partial charge in [0.1, 0.15) is 0 Å². The number of urea groups is 1. The summed E-state index contributed by atoms with van der Waals surface area (Å²) in [5, 5.41) is 5.34. The quantitative estimate of drug-likeness (QED) is 0.687. The fourth-order valence-electron chi connectivity index (χ4n) is 0.857. The third-order valence-electron chi connectivity index (χ3n) is 1.37. The van der Waals surface area contributed by atoms with Crippen LogP contribution in [0.25, 0.3) is 0 Å². The lowest BCUT2D eigenvalue weighted by Gasteiger charge is -2.04. The molecule has 3 heteroatoms. The smallest absolute Gasteiger partial charge is 0.319 e. The molecule has 0 saturated heterocycles. The minimum Gasteiger partial charge on any atom is -0.338 e. The molecule has 0 fully saturated rings. The van der Waals surface area contributed by atoms with Crippen LogP contribution < -0.4 is 10.6 Å². The topological polar surface area (TPSA) is 41.1 Å². The second-order valence-electron chi connectivity index (χ2n) is 2.35. The number of carbonyl (C=O) groups is 1. The van der Waals surface area contributed by atoms with E-state index in [0.29, 0.717) is 6.54 Å². The van der Waals surface area contributed by atoms with E-state index >= 15 is 0 Å². The molecule has 0 radical (unpaired) electrons. The maximum atomic E-state index is 11.0. The van der Waals surface area contributed by atoms with E-state index in [1.54, 1.807) is 0 Å². The Morgan fingerprint density at radius 3 is 2.58 bits per heavy atom. The van der Waals surface area contributed by atoms with Gasteiger partial charge in [0, 0.05) is 12.2 Å². The number of nitrogens with one attached hydrogen (secondary N) is 2. The molecule has 0 heterocycles. The zero-order valence-corrected chi connectivity index (χ0v) is 7.00. The highest BCUT2D eigenvalue weighted by Crippen LogP contribution is 2.03. The van der Waals surface area contributed by atoms with Crippen LogP contribution in [-0.2, 0) is 0 Å². The van der Waals surface area contributed by atoms with Crippen LogP contribution in [0.4, 0.5) is 10.5 Å². The molecule has 3 nitrogen and oxygen atoms in total. The highest BCUT2D eigenvalue weighted by molar-refractivity contribution is 5.89. The van der Waals surface area contributed by atoms with Crippen molar-refractivity contribution in [3.63, 3.8) is 0 Å². The van der Waals surface area contributed by atoms with Gasteiger partial charge in [-0.15, -0.1) is 0 Å². The van der Waals surface area contributed by atoms with E-state index in [0.717, 1.165) is 5.69 Å². The zero-order chi connectivity index (χ0) is 8.81. The second-order valence-corrected chi connectivity index (χ2v) is 2.35. The van der Waals surface area contributed by atoms with Crippen LogP contribution in [0.5, 0.6) is 0 Å². The van der Waals surface area contributed by atoms with Crippen molar-refractivity contribution in [3.8, 4) is 0 Å². The lowest BCUT2D eigenvalue weighted by atomic mass is 10.3. The molecule has 0 bridgehead atoms. The summed E-state index contributed by atoms with van der Waals surface area (Å²) in [6.45, 7) is 2.52. The molecule has 2 N–H and O–H groups in total. The van der Waals surface area contributed by atoms with Gasteiger partial charge in [0.15, 0.2) is 0 Å². The van der Waals surface area contributed by atoms with E-state index in [-0.39, 0.29) is 6.03 Å². The van der Waals surface area contributed by atoms with Crippen LogP contribution in [0, 0.1) is 0 Å². The number of anilines is 1. The summed E-state index contributed by atoms with van der Waals surface area (Å²) in [4.78, 5) is 11.0. The predicted octanol–water partition coefficient (Wildman–Crippen LogP) is 1.83. The van der Waals surface area contributed by atoms with E-state index in [9.17, 15) is 4.79 Å². The Morgan fingerprint density at radius 1 is 1.33 bits per heavy atom. The van der Waals surface area contributed by atoms with Gasteiger partial charge in [-0.25, -0.2) is 4.79 Å². The summed E-state index contributed by atoms with van der Waals surface area (Å²) in [7, 11) is 0. The maximum Gasteiger partial charge on any atom is 0.319 e. The Kier molecular flexibility index (Phi) is 3.14. The van der Waals surface area contributed by atoms with Crippen molar-refractivity contribution in [1.82, 2.24) is 5.32 Å². The maximum absolute atomic E-state index is 11.0. The zero-order valence-electron chi connectivity index (χ0n) is 7.00. The van der Waals surface area contributed by atoms with Gasteiger partial charge in [-0.05, 0) is 19.1 Å². The van der Waals surface area contributed by atoms with Gasteiger partial charge in [0.05, 0.1) is 0 Å². The van der Waals surface area contributed by atoms with Gasteiger partial charge in [-0.1, -0.05) is 18.2 Å². The SMILES string of the molecule is CCNC(=O)Nc1ccccc1. The van der Waals surface area contributed by atoms with E-state index in [1.807, 2.05) is 37.3 Å². The van der Waals surface area contributed by atoms with E-state index in [4.69, 9.17) is 0 Å². The molecule has 0 aliphatic heterocycles. The fraction of sp³-hybridized carbons (Fsp3) is 0.222. The number of benzene rings is 1. The first-order chi connectivity index (χ1) is 5.83. The molecule has 0 spiro atoms. The van der Waals surface area contributed by atoms with Gasteiger partial charge in [0.2, 0.25) is 0 Å². The molecule has 0 aliphatic carbocycles. The Balaban J connectivity index is 2.47. The van der Waals surface area contributed by atoms with Crippen LogP contribution in [0.1, 0.15) is 6.92 Å². The minimum atomic E-state index is -0.163. The van der Waals surface area contributed by atoms with Gasteiger partial charge in [-0.2, -0.15) is 0 Å². The normalized spacial score (nSPS) is 9.08. The van der Waals surface area contributed by atoms with Gasteiger partial charge >= 0.3 is 6.03 Å². The summed E-state index contributed by atoms with van der Waals surface area (Å²) >= 11 is 0. The molecule has 0 unspecified atom stereocenters. The Labute approximate surface area is 71.8 Å². The molecule has 1 aromatic rings. The fourth-order valence-corrected chi connectivity index (χ4v) is 0.857. The van der Waals surface area contributed by atoms with Crippen LogP contribution >= 0.6 is 0 Å². The highest BCUT2D eigenvalue weighted by Gasteiger charge is 1.96. The molecule has 0 aliphatic rings. The van der Waals surface area contributed by atoms with Gasteiger partial charge < -0.3 is 10.6 Å². The van der Waals surface area contributed by atoms with Crippen molar-refractivity contribution in [2.45, 2.75) is 6.92 Å². The van der Waals surface area contributed by atoms with Crippen LogP contribution in [0.15, 0.2) is 30.3 Å². The lowest BCUT2D eigenvalue weighted by Crippen LogP contribution is -2.28. The molecule has 64 valence electrons. The second kappa shape index (κ2) is 4.38. The summed E-state index contributed by atoms with van der Waals surface area (Å²) in [5.74, 6) is 0. The number of hydrogen-bond acceptors (Lipinski definition) is 1. The van der Waals surface area contributed by atoms with E-state index in [2.05, 4.69) is 10.6 Å². The molecule has 12 heavy (non-hydrogen) atoms. The average Bonchev–Trinajstić information content (AvgIpc) is 2.06. The van der Waals surface area contributed by atoms with Crippen LogP contribution in [0.2, 0.25) is 0 Å². The Bertz CT molecular complexity index is 246. The first-order valence-corrected chi connectivity index (χ1v) is 3.93. The number of rotatable bonds is 2. The molecular weight excluding hydrogens is 152 g/mol. The minimum absolute atomic E-state index is 0.163. The van der Waals surface area contributed by atoms with E-state index < -0.39 is 0 Å². The third-order valence-corrected chi connectivity index (χ3v) is 1.37. The number of amides is 2. The lowest BCUT2D eigenvalue weighted by molar-refractivity contribution is 0.252. The Hall–Kier alpha value is -1.51. The predicted molar refractivity (Wildman–Crippen MR) is 49.1 cm³/mol. The molecule has 2 amide bonds. The largest absolute Gasteiger partial charge is 0.338 e. The van der Waals surface area contributed by atoms with Crippen molar-refractivity contribution in [3.05, 3.63) is 30.3 Å². The number of para-hydroxylation sites is 1. The molecule has 1 aromatic carbocycles. The number of hydrogen-bond donors (Lipinski definition) is 2. The standard InChI is InChI=1S/C9H12N2O/c1-2-10-9(12)11-8-6-4-3-5-7-8/h3-7H,2H2,1H3,(H2,10,11,12). The highest BCUT2D eigenvalue weighted by atomic mass is 16.2. The van der Waals surface area contributed by atoms with Crippen molar-refractivity contribution in [2.75, 3.05) is 11.9 Å². The van der Waals surface area contributed by atoms with Crippen molar-refractivity contribution in [1.29, 1.82) is 0 Å².